The lowest BCUT2D eigenvalue weighted by atomic mass is 9.87. The fraction of sp³-hybridized carbons (Fsp3) is 0.500. The summed E-state index contributed by atoms with van der Waals surface area (Å²) in [4.78, 5) is 26.3. The molecule has 2 atom stereocenters. The molecule has 2 rings (SSSR count). The third kappa shape index (κ3) is 5.08. The Morgan fingerprint density at radius 2 is 1.96 bits per heavy atom. The molecule has 0 aliphatic carbocycles. The molecular formula is C20H27NO4. The number of nitrogens with zero attached hydrogens (tertiary/aromatic N) is 1. The Kier molecular flexibility index (Phi) is 5.88. The minimum Gasteiger partial charge on any atom is -0.508 e. The number of carbonyl (C=O) groups excluding carboxylic acids is 2. The van der Waals surface area contributed by atoms with E-state index in [2.05, 4.69) is 0 Å². The molecule has 0 bridgehead atoms. The van der Waals surface area contributed by atoms with Crippen molar-refractivity contribution in [1.82, 2.24) is 4.90 Å². The van der Waals surface area contributed by atoms with Gasteiger partial charge in [0.05, 0.1) is 6.04 Å². The van der Waals surface area contributed by atoms with Crippen LogP contribution in [-0.2, 0) is 9.53 Å². The van der Waals surface area contributed by atoms with Gasteiger partial charge in [-0.2, -0.15) is 0 Å². The molecule has 5 heteroatoms. The van der Waals surface area contributed by atoms with E-state index in [1.54, 1.807) is 33.8 Å². The van der Waals surface area contributed by atoms with Crippen LogP contribution in [0.1, 0.15) is 46.1 Å². The lowest BCUT2D eigenvalue weighted by Crippen LogP contribution is -2.52. The van der Waals surface area contributed by atoms with Crippen molar-refractivity contribution in [2.24, 2.45) is 5.92 Å². The quantitative estimate of drug-likeness (QED) is 0.834. The molecule has 0 aromatic heterocycles. The first-order valence-electron chi connectivity index (χ1n) is 8.67. The highest BCUT2D eigenvalue weighted by atomic mass is 16.6. The van der Waals surface area contributed by atoms with Gasteiger partial charge in [-0.05, 0) is 46.6 Å². The van der Waals surface area contributed by atoms with E-state index in [4.69, 9.17) is 4.74 Å². The molecule has 1 aliphatic heterocycles. The predicted molar refractivity (Wildman–Crippen MR) is 97.2 cm³/mol. The van der Waals surface area contributed by atoms with Crippen LogP contribution in [0.3, 0.4) is 0 Å². The lowest BCUT2D eigenvalue weighted by Gasteiger charge is -2.37. The Morgan fingerprint density at radius 3 is 2.56 bits per heavy atom. The maximum atomic E-state index is 12.6. The highest BCUT2D eigenvalue weighted by molar-refractivity contribution is 5.90. The Balaban J connectivity index is 1.98. The van der Waals surface area contributed by atoms with Gasteiger partial charge in [0.2, 0.25) is 0 Å². The molecule has 1 aromatic rings. The van der Waals surface area contributed by atoms with E-state index in [9.17, 15) is 14.7 Å². The highest BCUT2D eigenvalue weighted by Crippen LogP contribution is 2.25. The minimum absolute atomic E-state index is 0.00854. The molecule has 5 nitrogen and oxygen atoms in total. The fourth-order valence-electron chi connectivity index (χ4n) is 2.91. The second kappa shape index (κ2) is 7.72. The van der Waals surface area contributed by atoms with Gasteiger partial charge in [0.1, 0.15) is 11.4 Å². The predicted octanol–water partition coefficient (Wildman–Crippen LogP) is 4.19. The Hall–Kier alpha value is -2.30. The smallest absolute Gasteiger partial charge is 0.410 e. The maximum absolute atomic E-state index is 12.6. The molecule has 1 N–H and O–H groups in total. The third-order valence-electron chi connectivity index (χ3n) is 4.29. The van der Waals surface area contributed by atoms with Gasteiger partial charge < -0.3 is 9.84 Å². The first kappa shape index (κ1) is 19.0. The van der Waals surface area contributed by atoms with Crippen LogP contribution in [0, 0.1) is 5.92 Å². The van der Waals surface area contributed by atoms with Crippen LogP contribution in [0.2, 0.25) is 0 Å². The summed E-state index contributed by atoms with van der Waals surface area (Å²) >= 11 is 0. The third-order valence-corrected chi connectivity index (χ3v) is 4.29. The van der Waals surface area contributed by atoms with Crippen LogP contribution in [0.25, 0.3) is 5.76 Å². The highest BCUT2D eigenvalue weighted by Gasteiger charge is 2.37. The first-order chi connectivity index (χ1) is 11.7. The summed E-state index contributed by atoms with van der Waals surface area (Å²) in [6.07, 6.45) is 2.27. The number of hydrogen-bond donors (Lipinski definition) is 1. The molecule has 136 valence electrons. The number of ether oxygens (including phenoxy) is 1. The number of aliphatic hydroxyl groups is 1. The molecule has 1 amide bonds. The van der Waals surface area contributed by atoms with Crippen molar-refractivity contribution in [1.29, 1.82) is 0 Å². The number of ketones is 1. The van der Waals surface area contributed by atoms with Crippen LogP contribution < -0.4 is 0 Å². The number of carbonyl (C=O) groups is 2. The van der Waals surface area contributed by atoms with E-state index in [0.29, 0.717) is 19.4 Å². The zero-order chi connectivity index (χ0) is 18.6. The number of rotatable bonds is 3. The Bertz CT molecular complexity index is 645. The molecule has 25 heavy (non-hydrogen) atoms. The van der Waals surface area contributed by atoms with E-state index in [0.717, 1.165) is 5.56 Å². The number of piperidine rings is 1. The standard InChI is InChI=1S/C20H27NO4/c1-14-18(23)16(10-11-17(22)15-8-6-5-7-9-15)12-13-21(14)19(24)25-20(2,3)4/h5-9,11,14,16,22H,10,12-13H2,1-4H3/b17-11-. The van der Waals surface area contributed by atoms with E-state index in [-0.39, 0.29) is 17.5 Å². The van der Waals surface area contributed by atoms with Gasteiger partial charge in [0.15, 0.2) is 5.78 Å². The van der Waals surface area contributed by atoms with Crippen LogP contribution in [-0.4, -0.2) is 40.1 Å². The lowest BCUT2D eigenvalue weighted by molar-refractivity contribution is -0.130. The van der Waals surface area contributed by atoms with Gasteiger partial charge in [-0.3, -0.25) is 9.69 Å². The SMILES string of the molecule is CC1C(=O)C(C/C=C(\O)c2ccccc2)CCN1C(=O)OC(C)(C)C. The Morgan fingerprint density at radius 1 is 1.32 bits per heavy atom. The molecule has 1 fully saturated rings. The number of allylic oxidation sites excluding steroid dienone is 1. The number of likely N-dealkylation sites (tertiary alicyclic amines) is 1. The number of amides is 1. The fourth-order valence-corrected chi connectivity index (χ4v) is 2.91. The summed E-state index contributed by atoms with van der Waals surface area (Å²) in [5, 5.41) is 10.1. The molecule has 1 aromatic carbocycles. The molecule has 0 spiro atoms. The van der Waals surface area contributed by atoms with Gasteiger partial charge >= 0.3 is 6.09 Å². The van der Waals surface area contributed by atoms with E-state index in [1.807, 2.05) is 30.3 Å². The summed E-state index contributed by atoms with van der Waals surface area (Å²) in [6, 6.07) is 8.72. The van der Waals surface area contributed by atoms with Gasteiger partial charge in [-0.15, -0.1) is 0 Å². The Labute approximate surface area is 149 Å². The van der Waals surface area contributed by atoms with Gasteiger partial charge in [0.25, 0.3) is 0 Å². The van der Waals surface area contributed by atoms with Crippen molar-refractivity contribution in [3.8, 4) is 0 Å². The molecule has 0 radical (unpaired) electrons. The summed E-state index contributed by atoms with van der Waals surface area (Å²) in [6.45, 7) is 7.63. The van der Waals surface area contributed by atoms with Crippen LogP contribution in [0.4, 0.5) is 4.79 Å². The van der Waals surface area contributed by atoms with Gasteiger partial charge in [0, 0.05) is 18.0 Å². The number of aliphatic hydroxyl groups excluding tert-OH is 1. The molecule has 1 aliphatic rings. The van der Waals surface area contributed by atoms with E-state index >= 15 is 0 Å². The molecule has 1 heterocycles. The molecule has 2 unspecified atom stereocenters. The van der Waals surface area contributed by atoms with Crippen LogP contribution >= 0.6 is 0 Å². The van der Waals surface area contributed by atoms with Crippen molar-refractivity contribution < 1.29 is 19.4 Å². The van der Waals surface area contributed by atoms with E-state index in [1.165, 1.54) is 4.90 Å². The average molecular weight is 345 g/mol. The largest absolute Gasteiger partial charge is 0.508 e. The van der Waals surface area contributed by atoms with Crippen LogP contribution in [0.15, 0.2) is 36.4 Å². The monoisotopic (exact) mass is 345 g/mol. The second-order valence-corrected chi connectivity index (χ2v) is 7.43. The summed E-state index contributed by atoms with van der Waals surface area (Å²) in [5.41, 5.74) is 0.148. The summed E-state index contributed by atoms with van der Waals surface area (Å²) < 4.78 is 5.37. The minimum atomic E-state index is -0.582. The van der Waals surface area contributed by atoms with Gasteiger partial charge in [-0.25, -0.2) is 4.79 Å². The number of Topliss-reactive ketones (excluding diaryl/α,β-unsaturated/α-hetero) is 1. The average Bonchev–Trinajstić information content (AvgIpc) is 2.55. The molecular weight excluding hydrogens is 318 g/mol. The van der Waals surface area contributed by atoms with Crippen molar-refractivity contribution in [3.05, 3.63) is 42.0 Å². The summed E-state index contributed by atoms with van der Waals surface area (Å²) in [7, 11) is 0. The summed E-state index contributed by atoms with van der Waals surface area (Å²) in [5.74, 6) is -0.00982. The van der Waals surface area contributed by atoms with Crippen molar-refractivity contribution in [2.75, 3.05) is 6.54 Å². The van der Waals surface area contributed by atoms with Crippen molar-refractivity contribution in [3.63, 3.8) is 0 Å². The zero-order valence-electron chi connectivity index (χ0n) is 15.4. The number of hydrogen-bond acceptors (Lipinski definition) is 4. The van der Waals surface area contributed by atoms with Crippen molar-refractivity contribution >= 4 is 17.6 Å². The van der Waals surface area contributed by atoms with Crippen molar-refractivity contribution in [2.45, 2.75) is 52.2 Å². The van der Waals surface area contributed by atoms with Gasteiger partial charge in [-0.1, -0.05) is 30.3 Å². The van der Waals surface area contributed by atoms with E-state index < -0.39 is 17.7 Å². The second-order valence-electron chi connectivity index (χ2n) is 7.43. The maximum Gasteiger partial charge on any atom is 0.410 e. The first-order valence-corrected chi connectivity index (χ1v) is 8.67. The topological polar surface area (TPSA) is 66.8 Å². The molecule has 0 saturated carbocycles. The number of benzene rings is 1. The molecule has 1 saturated heterocycles. The zero-order valence-corrected chi connectivity index (χ0v) is 15.4. The normalized spacial score (nSPS) is 22.0. The van der Waals surface area contributed by atoms with Crippen LogP contribution in [0.5, 0.6) is 0 Å².